The summed E-state index contributed by atoms with van der Waals surface area (Å²) in [5.74, 6) is -0.0325. The van der Waals surface area contributed by atoms with Crippen molar-refractivity contribution in [1.29, 1.82) is 0 Å². The third-order valence-corrected chi connectivity index (χ3v) is 4.34. The quantitative estimate of drug-likeness (QED) is 0.895. The van der Waals surface area contributed by atoms with Crippen LogP contribution in [-0.2, 0) is 0 Å². The summed E-state index contributed by atoms with van der Waals surface area (Å²) in [5.41, 5.74) is 2.99. The number of anilines is 1. The summed E-state index contributed by atoms with van der Waals surface area (Å²) in [6, 6.07) is 7.03. The highest BCUT2D eigenvalue weighted by Crippen LogP contribution is 2.21. The molecule has 1 heterocycles. The molecule has 0 aliphatic carbocycles. The highest BCUT2D eigenvalue weighted by molar-refractivity contribution is 5.94. The minimum atomic E-state index is -0.0325. The maximum absolute atomic E-state index is 11.6. The number of nitrogens with zero attached hydrogens (tertiary/aromatic N) is 1. The maximum atomic E-state index is 11.6. The number of hydrogen-bond acceptors (Lipinski definition) is 3. The van der Waals surface area contributed by atoms with Crippen LogP contribution in [0.2, 0.25) is 0 Å². The van der Waals surface area contributed by atoms with E-state index in [-0.39, 0.29) is 5.91 Å². The van der Waals surface area contributed by atoms with Crippen LogP contribution in [0.1, 0.15) is 42.6 Å². The fourth-order valence-corrected chi connectivity index (χ4v) is 2.89. The molecular formula is C17H27N3O. The van der Waals surface area contributed by atoms with Crippen LogP contribution >= 0.6 is 0 Å². The number of carbonyl (C=O) groups excluding carboxylic acids is 1. The van der Waals surface area contributed by atoms with Crippen molar-refractivity contribution in [2.45, 2.75) is 45.7 Å². The molecule has 1 aliphatic rings. The van der Waals surface area contributed by atoms with Crippen molar-refractivity contribution in [3.8, 4) is 0 Å². The van der Waals surface area contributed by atoms with E-state index in [1.165, 1.54) is 12.8 Å². The zero-order valence-electron chi connectivity index (χ0n) is 13.6. The summed E-state index contributed by atoms with van der Waals surface area (Å²) < 4.78 is 0. The fraction of sp³-hybridized carbons (Fsp3) is 0.588. The number of piperidine rings is 1. The Morgan fingerprint density at radius 2 is 1.95 bits per heavy atom. The van der Waals surface area contributed by atoms with E-state index >= 15 is 0 Å². The standard InChI is InChI=1S/C17H27N3O/c1-12(2)20-9-7-15(8-10-20)19-16-6-5-14(11-13(16)3)17(21)18-4/h5-6,11-12,15,19H,7-10H2,1-4H3,(H,18,21). The molecule has 1 saturated heterocycles. The molecule has 1 amide bonds. The molecule has 1 aromatic rings. The van der Waals surface area contributed by atoms with E-state index in [0.717, 1.165) is 29.9 Å². The number of benzene rings is 1. The van der Waals surface area contributed by atoms with Crippen LogP contribution in [-0.4, -0.2) is 43.0 Å². The number of aryl methyl sites for hydroxylation is 1. The number of rotatable bonds is 4. The first kappa shape index (κ1) is 15.8. The van der Waals surface area contributed by atoms with Crippen molar-refractivity contribution in [2.75, 3.05) is 25.5 Å². The number of hydrogen-bond donors (Lipinski definition) is 2. The molecule has 4 heteroatoms. The lowest BCUT2D eigenvalue weighted by Gasteiger charge is -2.35. The van der Waals surface area contributed by atoms with Gasteiger partial charge in [0, 0.05) is 43.5 Å². The highest BCUT2D eigenvalue weighted by atomic mass is 16.1. The van der Waals surface area contributed by atoms with Crippen molar-refractivity contribution in [1.82, 2.24) is 10.2 Å². The summed E-state index contributed by atoms with van der Waals surface area (Å²) in [6.45, 7) is 8.89. The second-order valence-electron chi connectivity index (χ2n) is 6.16. The second kappa shape index (κ2) is 6.94. The molecule has 0 bridgehead atoms. The molecule has 4 nitrogen and oxygen atoms in total. The number of amides is 1. The fourth-order valence-electron chi connectivity index (χ4n) is 2.89. The predicted octanol–water partition coefficient (Wildman–Crippen LogP) is 2.64. The van der Waals surface area contributed by atoms with E-state index in [9.17, 15) is 4.79 Å². The van der Waals surface area contributed by atoms with Gasteiger partial charge in [-0.25, -0.2) is 0 Å². The van der Waals surface area contributed by atoms with Crippen LogP contribution in [0.25, 0.3) is 0 Å². The van der Waals surface area contributed by atoms with Gasteiger partial charge in [0.25, 0.3) is 5.91 Å². The van der Waals surface area contributed by atoms with Gasteiger partial charge in [0.1, 0.15) is 0 Å². The van der Waals surface area contributed by atoms with Gasteiger partial charge < -0.3 is 15.5 Å². The first-order chi connectivity index (χ1) is 10.0. The van der Waals surface area contributed by atoms with Gasteiger partial charge in [0.2, 0.25) is 0 Å². The molecule has 0 radical (unpaired) electrons. The van der Waals surface area contributed by atoms with E-state index in [0.29, 0.717) is 12.1 Å². The Labute approximate surface area is 127 Å². The third kappa shape index (κ3) is 3.97. The van der Waals surface area contributed by atoms with Gasteiger partial charge in [-0.15, -0.1) is 0 Å². The van der Waals surface area contributed by atoms with Crippen LogP contribution in [0.3, 0.4) is 0 Å². The monoisotopic (exact) mass is 289 g/mol. The highest BCUT2D eigenvalue weighted by Gasteiger charge is 2.21. The van der Waals surface area contributed by atoms with Crippen LogP contribution in [0.15, 0.2) is 18.2 Å². The summed E-state index contributed by atoms with van der Waals surface area (Å²) in [4.78, 5) is 14.2. The van der Waals surface area contributed by atoms with Gasteiger partial charge in [0.05, 0.1) is 0 Å². The Kier molecular flexibility index (Phi) is 5.23. The van der Waals surface area contributed by atoms with Crippen molar-refractivity contribution >= 4 is 11.6 Å². The zero-order chi connectivity index (χ0) is 15.4. The number of carbonyl (C=O) groups is 1. The number of likely N-dealkylation sites (tertiary alicyclic amines) is 1. The Hall–Kier alpha value is -1.55. The predicted molar refractivity (Wildman–Crippen MR) is 87.9 cm³/mol. The molecule has 1 fully saturated rings. The molecule has 0 atom stereocenters. The number of nitrogens with one attached hydrogen (secondary N) is 2. The van der Waals surface area contributed by atoms with Gasteiger partial charge in [0.15, 0.2) is 0 Å². The Balaban J connectivity index is 1.96. The minimum absolute atomic E-state index is 0.0325. The summed E-state index contributed by atoms with van der Waals surface area (Å²) in [7, 11) is 1.66. The van der Waals surface area contributed by atoms with E-state index in [1.54, 1.807) is 7.05 Å². The van der Waals surface area contributed by atoms with E-state index < -0.39 is 0 Å². The molecule has 1 aromatic carbocycles. The average molecular weight is 289 g/mol. The molecule has 2 N–H and O–H groups in total. The summed E-state index contributed by atoms with van der Waals surface area (Å²) >= 11 is 0. The van der Waals surface area contributed by atoms with Gasteiger partial charge >= 0.3 is 0 Å². The Morgan fingerprint density at radius 1 is 1.29 bits per heavy atom. The molecule has 0 unspecified atom stereocenters. The maximum Gasteiger partial charge on any atom is 0.251 e. The van der Waals surface area contributed by atoms with Crippen LogP contribution in [0, 0.1) is 6.92 Å². The average Bonchev–Trinajstić information content (AvgIpc) is 2.49. The van der Waals surface area contributed by atoms with Crippen LogP contribution < -0.4 is 10.6 Å². The lowest BCUT2D eigenvalue weighted by molar-refractivity contribution is 0.0963. The van der Waals surface area contributed by atoms with Crippen LogP contribution in [0.5, 0.6) is 0 Å². The Bertz CT molecular complexity index is 491. The minimum Gasteiger partial charge on any atom is -0.382 e. The summed E-state index contributed by atoms with van der Waals surface area (Å²) in [6.07, 6.45) is 2.35. The first-order valence-corrected chi connectivity index (χ1v) is 7.84. The van der Waals surface area contributed by atoms with Crippen molar-refractivity contribution in [2.24, 2.45) is 0 Å². The molecule has 2 rings (SSSR count). The van der Waals surface area contributed by atoms with Crippen molar-refractivity contribution in [3.05, 3.63) is 29.3 Å². The summed E-state index contributed by atoms with van der Waals surface area (Å²) in [5, 5.41) is 6.29. The largest absolute Gasteiger partial charge is 0.382 e. The van der Waals surface area contributed by atoms with Gasteiger partial charge in [-0.2, -0.15) is 0 Å². The molecule has 1 aliphatic heterocycles. The molecule has 0 aromatic heterocycles. The molecular weight excluding hydrogens is 262 g/mol. The third-order valence-electron chi connectivity index (χ3n) is 4.34. The van der Waals surface area contributed by atoms with Crippen LogP contribution in [0.4, 0.5) is 5.69 Å². The smallest absolute Gasteiger partial charge is 0.251 e. The normalized spacial score (nSPS) is 17.0. The molecule has 116 valence electrons. The lowest BCUT2D eigenvalue weighted by atomic mass is 10.0. The molecule has 0 saturated carbocycles. The van der Waals surface area contributed by atoms with E-state index in [4.69, 9.17) is 0 Å². The van der Waals surface area contributed by atoms with E-state index in [2.05, 4.69) is 36.3 Å². The van der Waals surface area contributed by atoms with Gasteiger partial charge in [-0.05, 0) is 57.4 Å². The van der Waals surface area contributed by atoms with Gasteiger partial charge in [-0.1, -0.05) is 0 Å². The zero-order valence-corrected chi connectivity index (χ0v) is 13.6. The van der Waals surface area contributed by atoms with Gasteiger partial charge in [-0.3, -0.25) is 4.79 Å². The van der Waals surface area contributed by atoms with Crippen molar-refractivity contribution in [3.63, 3.8) is 0 Å². The Morgan fingerprint density at radius 3 is 2.48 bits per heavy atom. The SMILES string of the molecule is CNC(=O)c1ccc(NC2CCN(C(C)C)CC2)c(C)c1. The molecule has 21 heavy (non-hydrogen) atoms. The molecule has 0 spiro atoms. The topological polar surface area (TPSA) is 44.4 Å². The second-order valence-corrected chi connectivity index (χ2v) is 6.16. The lowest BCUT2D eigenvalue weighted by Crippen LogP contribution is -2.42. The first-order valence-electron chi connectivity index (χ1n) is 7.84. The van der Waals surface area contributed by atoms with Crippen molar-refractivity contribution < 1.29 is 4.79 Å². The van der Waals surface area contributed by atoms with E-state index in [1.807, 2.05) is 18.2 Å².